The Balaban J connectivity index is 2.28. The van der Waals surface area contributed by atoms with Crippen LogP contribution >= 0.6 is 0 Å². The van der Waals surface area contributed by atoms with Gasteiger partial charge in [-0.1, -0.05) is 37.6 Å². The lowest BCUT2D eigenvalue weighted by atomic mass is 9.80. The minimum atomic E-state index is -0.581. The fourth-order valence-corrected chi connectivity index (χ4v) is 2.93. The van der Waals surface area contributed by atoms with Gasteiger partial charge in [0.15, 0.2) is 0 Å². The van der Waals surface area contributed by atoms with Crippen LogP contribution < -0.4 is 0 Å². The summed E-state index contributed by atoms with van der Waals surface area (Å²) in [5.74, 6) is 1.14. The van der Waals surface area contributed by atoms with E-state index in [1.165, 1.54) is 24.0 Å². The lowest BCUT2D eigenvalue weighted by molar-refractivity contribution is -0.00131. The van der Waals surface area contributed by atoms with Crippen molar-refractivity contribution >= 4 is 0 Å². The van der Waals surface area contributed by atoms with Crippen molar-refractivity contribution in [2.75, 3.05) is 0 Å². The first-order valence-corrected chi connectivity index (χ1v) is 7.23. The minimum Gasteiger partial charge on any atom is -0.385 e. The van der Waals surface area contributed by atoms with E-state index in [1.807, 2.05) is 0 Å². The van der Waals surface area contributed by atoms with Crippen LogP contribution in [-0.4, -0.2) is 5.11 Å². The number of aliphatic hydroxyl groups is 1. The van der Waals surface area contributed by atoms with Gasteiger partial charge in [0, 0.05) is 0 Å². The van der Waals surface area contributed by atoms with Gasteiger partial charge in [0.2, 0.25) is 0 Å². The van der Waals surface area contributed by atoms with Crippen LogP contribution in [0.15, 0.2) is 18.2 Å². The van der Waals surface area contributed by atoms with Crippen LogP contribution in [0.3, 0.4) is 0 Å². The molecule has 1 N–H and O–H groups in total. The highest BCUT2D eigenvalue weighted by molar-refractivity contribution is 5.36. The Bertz CT molecular complexity index is 418. The molecule has 0 spiro atoms. The van der Waals surface area contributed by atoms with Crippen LogP contribution in [0.1, 0.15) is 56.2 Å². The number of rotatable bonds is 5. The molecule has 1 fully saturated rings. The van der Waals surface area contributed by atoms with Crippen molar-refractivity contribution in [1.82, 2.24) is 0 Å². The van der Waals surface area contributed by atoms with Gasteiger partial charge in [-0.05, 0) is 62.5 Å². The number of hydrogen-bond acceptors (Lipinski definition) is 1. The maximum atomic E-state index is 11.1. The predicted molar refractivity (Wildman–Crippen MR) is 76.6 cm³/mol. The molecule has 1 aromatic carbocycles. The van der Waals surface area contributed by atoms with Crippen LogP contribution in [0, 0.1) is 25.7 Å². The predicted octanol–water partition coefficient (Wildman–Crippen LogP) is 4.34. The average molecular weight is 246 g/mol. The molecule has 0 aliphatic heterocycles. The number of benzene rings is 1. The molecule has 0 radical (unpaired) electrons. The normalized spacial score (nSPS) is 19.0. The Labute approximate surface area is 111 Å². The van der Waals surface area contributed by atoms with Crippen LogP contribution in [-0.2, 0) is 5.60 Å². The molecule has 1 aromatic rings. The van der Waals surface area contributed by atoms with Gasteiger partial charge in [0.25, 0.3) is 0 Å². The Hall–Kier alpha value is -0.820. The minimum absolute atomic E-state index is 0.484. The van der Waals surface area contributed by atoms with Gasteiger partial charge in [-0.3, -0.25) is 0 Å². The summed E-state index contributed by atoms with van der Waals surface area (Å²) >= 11 is 0. The molecule has 0 heterocycles. The Kier molecular flexibility index (Phi) is 3.82. The molecule has 1 heteroatoms. The quantitative estimate of drug-likeness (QED) is 0.819. The maximum absolute atomic E-state index is 11.1. The second-order valence-corrected chi connectivity index (χ2v) is 6.45. The lowest BCUT2D eigenvalue weighted by Gasteiger charge is -2.31. The fourth-order valence-electron chi connectivity index (χ4n) is 2.93. The summed E-state index contributed by atoms with van der Waals surface area (Å²) in [6.45, 7) is 8.71. The maximum Gasteiger partial charge on any atom is 0.0927 e. The molecule has 0 bridgehead atoms. The lowest BCUT2D eigenvalue weighted by Crippen LogP contribution is -2.30. The monoisotopic (exact) mass is 246 g/mol. The van der Waals surface area contributed by atoms with Gasteiger partial charge in [0.1, 0.15) is 0 Å². The molecule has 2 rings (SSSR count). The summed E-state index contributed by atoms with van der Waals surface area (Å²) in [5, 5.41) is 11.1. The highest BCUT2D eigenvalue weighted by Crippen LogP contribution is 2.49. The summed E-state index contributed by atoms with van der Waals surface area (Å²) in [5.41, 5.74) is 3.10. The van der Waals surface area contributed by atoms with Crippen molar-refractivity contribution in [1.29, 1.82) is 0 Å². The molecule has 100 valence electrons. The topological polar surface area (TPSA) is 20.2 Å². The van der Waals surface area contributed by atoms with Gasteiger partial charge >= 0.3 is 0 Å². The third-order valence-corrected chi connectivity index (χ3v) is 4.20. The van der Waals surface area contributed by atoms with Crippen molar-refractivity contribution < 1.29 is 5.11 Å². The van der Waals surface area contributed by atoms with E-state index in [0.29, 0.717) is 11.8 Å². The van der Waals surface area contributed by atoms with E-state index >= 15 is 0 Å². The van der Waals surface area contributed by atoms with Crippen molar-refractivity contribution in [2.45, 2.75) is 59.0 Å². The van der Waals surface area contributed by atoms with Crippen molar-refractivity contribution in [3.05, 3.63) is 34.9 Å². The Morgan fingerprint density at radius 1 is 1.28 bits per heavy atom. The van der Waals surface area contributed by atoms with Crippen LogP contribution in [0.2, 0.25) is 0 Å². The molecular weight excluding hydrogens is 220 g/mol. The standard InChI is InChI=1S/C17H26O/c1-12(2)9-10-17(18,15-6-7-15)16-8-5-13(3)11-14(16)4/h5,8,11-12,15,18H,6-7,9-10H2,1-4H3. The second kappa shape index (κ2) is 5.05. The zero-order valence-corrected chi connectivity index (χ0v) is 12.2. The van der Waals surface area contributed by atoms with Gasteiger partial charge in [-0.25, -0.2) is 0 Å². The highest BCUT2D eigenvalue weighted by Gasteiger charge is 2.45. The van der Waals surface area contributed by atoms with E-state index in [0.717, 1.165) is 18.4 Å². The van der Waals surface area contributed by atoms with Gasteiger partial charge in [-0.2, -0.15) is 0 Å². The Morgan fingerprint density at radius 2 is 1.94 bits per heavy atom. The molecule has 1 atom stereocenters. The summed E-state index contributed by atoms with van der Waals surface area (Å²) in [4.78, 5) is 0. The van der Waals surface area contributed by atoms with Gasteiger partial charge in [0.05, 0.1) is 5.60 Å². The first-order valence-electron chi connectivity index (χ1n) is 7.23. The van der Waals surface area contributed by atoms with E-state index in [2.05, 4.69) is 45.9 Å². The third kappa shape index (κ3) is 2.77. The smallest absolute Gasteiger partial charge is 0.0927 e. The zero-order valence-electron chi connectivity index (χ0n) is 12.2. The molecule has 1 nitrogen and oxygen atoms in total. The van der Waals surface area contributed by atoms with E-state index in [1.54, 1.807) is 0 Å². The average Bonchev–Trinajstić information content (AvgIpc) is 3.09. The SMILES string of the molecule is Cc1ccc(C(O)(CCC(C)C)C2CC2)c(C)c1. The van der Waals surface area contributed by atoms with E-state index in [-0.39, 0.29) is 0 Å². The number of aryl methyl sites for hydroxylation is 2. The van der Waals surface area contributed by atoms with Crippen LogP contribution in [0.5, 0.6) is 0 Å². The first-order chi connectivity index (χ1) is 8.43. The second-order valence-electron chi connectivity index (χ2n) is 6.45. The van der Waals surface area contributed by atoms with E-state index < -0.39 is 5.60 Å². The molecular formula is C17H26O. The first kappa shape index (κ1) is 13.6. The summed E-state index contributed by atoms with van der Waals surface area (Å²) in [7, 11) is 0. The molecule has 1 aliphatic carbocycles. The van der Waals surface area contributed by atoms with E-state index in [9.17, 15) is 5.11 Å². The zero-order chi connectivity index (χ0) is 13.3. The molecule has 18 heavy (non-hydrogen) atoms. The molecule has 0 saturated heterocycles. The van der Waals surface area contributed by atoms with Gasteiger partial charge in [-0.15, -0.1) is 0 Å². The summed E-state index contributed by atoms with van der Waals surface area (Å²) < 4.78 is 0. The molecule has 0 amide bonds. The number of hydrogen-bond donors (Lipinski definition) is 1. The molecule has 1 saturated carbocycles. The van der Waals surface area contributed by atoms with Crippen molar-refractivity contribution in [3.8, 4) is 0 Å². The van der Waals surface area contributed by atoms with Crippen molar-refractivity contribution in [3.63, 3.8) is 0 Å². The van der Waals surface area contributed by atoms with Gasteiger partial charge < -0.3 is 5.11 Å². The highest BCUT2D eigenvalue weighted by atomic mass is 16.3. The summed E-state index contributed by atoms with van der Waals surface area (Å²) in [6.07, 6.45) is 4.36. The van der Waals surface area contributed by atoms with E-state index in [4.69, 9.17) is 0 Å². The summed E-state index contributed by atoms with van der Waals surface area (Å²) in [6, 6.07) is 6.46. The third-order valence-electron chi connectivity index (χ3n) is 4.20. The molecule has 1 aliphatic rings. The fraction of sp³-hybridized carbons (Fsp3) is 0.647. The Morgan fingerprint density at radius 3 is 2.44 bits per heavy atom. The van der Waals surface area contributed by atoms with Crippen LogP contribution in [0.25, 0.3) is 0 Å². The molecule has 0 aromatic heterocycles. The van der Waals surface area contributed by atoms with Crippen molar-refractivity contribution in [2.24, 2.45) is 11.8 Å². The largest absolute Gasteiger partial charge is 0.385 e. The van der Waals surface area contributed by atoms with Crippen LogP contribution in [0.4, 0.5) is 0 Å². The molecule has 1 unspecified atom stereocenters.